The molecule has 3 atom stereocenters. The van der Waals surface area contributed by atoms with Gasteiger partial charge in [0.05, 0.1) is 12.0 Å². The molecule has 20 heavy (non-hydrogen) atoms. The quantitative estimate of drug-likeness (QED) is 0.712. The molecule has 2 heteroatoms. The van der Waals surface area contributed by atoms with Crippen molar-refractivity contribution in [2.24, 2.45) is 5.92 Å². The summed E-state index contributed by atoms with van der Waals surface area (Å²) in [5.74, 6) is 0.372. The third-order valence-electron chi connectivity index (χ3n) is 4.37. The largest absolute Gasteiger partial charge is 0.330 e. The lowest BCUT2D eigenvalue weighted by atomic mass is 9.78. The fraction of sp³-hybridized carbons (Fsp3) is 0.389. The molecular weight excluding hydrogens is 246 g/mol. The standard InChI is InChI=1S/C18H21NO/c1-5-15-14-11-10-12-8-6-7-9-13(12)16(14)17(20)19(15)18(2,3)4/h5-11,14-16H,1H2,2-4H3/t14-,15-,16-/m0/s1. The normalized spacial score (nSPS) is 28.2. The van der Waals surface area contributed by atoms with Crippen molar-refractivity contribution in [3.8, 4) is 0 Å². The summed E-state index contributed by atoms with van der Waals surface area (Å²) in [4.78, 5) is 15.0. The molecule has 2 aliphatic rings. The zero-order chi connectivity index (χ0) is 14.5. The van der Waals surface area contributed by atoms with E-state index in [1.807, 2.05) is 23.1 Å². The van der Waals surface area contributed by atoms with Crippen LogP contribution in [-0.2, 0) is 4.79 Å². The Labute approximate surface area is 120 Å². The first kappa shape index (κ1) is 13.2. The van der Waals surface area contributed by atoms with Crippen molar-refractivity contribution in [2.45, 2.75) is 38.3 Å². The number of carbonyl (C=O) groups excluding carboxylic acids is 1. The predicted octanol–water partition coefficient (Wildman–Crippen LogP) is 3.61. The zero-order valence-corrected chi connectivity index (χ0v) is 12.3. The van der Waals surface area contributed by atoms with Crippen molar-refractivity contribution in [3.05, 3.63) is 54.1 Å². The smallest absolute Gasteiger partial charge is 0.231 e. The van der Waals surface area contributed by atoms with E-state index in [9.17, 15) is 4.79 Å². The molecule has 0 N–H and O–H groups in total. The third kappa shape index (κ3) is 1.75. The number of carbonyl (C=O) groups is 1. The molecule has 0 unspecified atom stereocenters. The molecule has 1 aromatic carbocycles. The van der Waals surface area contributed by atoms with Crippen LogP contribution in [0, 0.1) is 5.92 Å². The van der Waals surface area contributed by atoms with Crippen molar-refractivity contribution < 1.29 is 4.79 Å². The topological polar surface area (TPSA) is 20.3 Å². The van der Waals surface area contributed by atoms with Gasteiger partial charge < -0.3 is 4.90 Å². The molecule has 3 rings (SSSR count). The fourth-order valence-corrected chi connectivity index (χ4v) is 3.60. The Kier molecular flexibility index (Phi) is 2.86. The third-order valence-corrected chi connectivity index (χ3v) is 4.37. The highest BCUT2D eigenvalue weighted by molar-refractivity contribution is 5.90. The molecule has 1 saturated heterocycles. The van der Waals surface area contributed by atoms with Crippen LogP contribution in [-0.4, -0.2) is 22.4 Å². The summed E-state index contributed by atoms with van der Waals surface area (Å²) in [6.07, 6.45) is 6.25. The minimum absolute atomic E-state index is 0.0570. The van der Waals surface area contributed by atoms with Gasteiger partial charge in [-0.15, -0.1) is 6.58 Å². The van der Waals surface area contributed by atoms with Crippen molar-refractivity contribution in [2.75, 3.05) is 0 Å². The highest BCUT2D eigenvalue weighted by Crippen LogP contribution is 2.46. The Morgan fingerprint density at radius 2 is 1.95 bits per heavy atom. The van der Waals surface area contributed by atoms with Gasteiger partial charge in [-0.25, -0.2) is 0 Å². The first-order chi connectivity index (χ1) is 9.45. The van der Waals surface area contributed by atoms with Gasteiger partial charge >= 0.3 is 0 Å². The van der Waals surface area contributed by atoms with Crippen LogP contribution in [0.2, 0.25) is 0 Å². The van der Waals surface area contributed by atoms with E-state index >= 15 is 0 Å². The molecule has 0 bridgehead atoms. The minimum atomic E-state index is -0.184. The molecule has 0 radical (unpaired) electrons. The highest BCUT2D eigenvalue weighted by atomic mass is 16.2. The van der Waals surface area contributed by atoms with E-state index in [1.54, 1.807) is 0 Å². The molecule has 0 spiro atoms. The predicted molar refractivity (Wildman–Crippen MR) is 82.3 cm³/mol. The van der Waals surface area contributed by atoms with E-state index in [-0.39, 0.29) is 29.3 Å². The summed E-state index contributed by atoms with van der Waals surface area (Å²) < 4.78 is 0. The van der Waals surface area contributed by atoms with Gasteiger partial charge in [0.25, 0.3) is 0 Å². The second-order valence-corrected chi connectivity index (χ2v) is 6.65. The summed E-state index contributed by atoms with van der Waals surface area (Å²) in [5, 5.41) is 0. The average molecular weight is 267 g/mol. The molecule has 1 aromatic rings. The number of amides is 1. The molecular formula is C18H21NO. The highest BCUT2D eigenvalue weighted by Gasteiger charge is 2.51. The molecule has 0 aromatic heterocycles. The van der Waals surface area contributed by atoms with Gasteiger partial charge in [0.15, 0.2) is 0 Å². The minimum Gasteiger partial charge on any atom is -0.330 e. The monoisotopic (exact) mass is 267 g/mol. The Balaban J connectivity index is 2.13. The van der Waals surface area contributed by atoms with Crippen LogP contribution in [0.4, 0.5) is 0 Å². The lowest BCUT2D eigenvalue weighted by Crippen LogP contribution is -2.47. The lowest BCUT2D eigenvalue weighted by molar-refractivity contribution is -0.134. The van der Waals surface area contributed by atoms with E-state index in [0.717, 1.165) is 5.56 Å². The maximum absolute atomic E-state index is 13.0. The molecule has 0 saturated carbocycles. The Morgan fingerprint density at radius 1 is 1.25 bits per heavy atom. The van der Waals surface area contributed by atoms with E-state index in [1.165, 1.54) is 5.56 Å². The Bertz CT molecular complexity index is 594. The summed E-state index contributed by atoms with van der Waals surface area (Å²) in [6.45, 7) is 10.2. The molecule has 104 valence electrons. The number of hydrogen-bond donors (Lipinski definition) is 0. The second-order valence-electron chi connectivity index (χ2n) is 6.65. The first-order valence-electron chi connectivity index (χ1n) is 7.18. The van der Waals surface area contributed by atoms with Gasteiger partial charge in [-0.1, -0.05) is 42.5 Å². The second kappa shape index (κ2) is 4.34. The molecule has 1 aliphatic heterocycles. The van der Waals surface area contributed by atoms with E-state index < -0.39 is 0 Å². The number of fused-ring (bicyclic) bond motifs is 3. The van der Waals surface area contributed by atoms with E-state index in [0.29, 0.717) is 0 Å². The fourth-order valence-electron chi connectivity index (χ4n) is 3.60. The zero-order valence-electron chi connectivity index (χ0n) is 12.3. The summed E-state index contributed by atoms with van der Waals surface area (Å²) in [6, 6.07) is 8.29. The van der Waals surface area contributed by atoms with Gasteiger partial charge in [-0.05, 0) is 31.9 Å². The van der Waals surface area contributed by atoms with Crippen molar-refractivity contribution in [3.63, 3.8) is 0 Å². The van der Waals surface area contributed by atoms with Gasteiger partial charge in [0.1, 0.15) is 0 Å². The van der Waals surface area contributed by atoms with Crippen LogP contribution in [0.25, 0.3) is 6.08 Å². The maximum Gasteiger partial charge on any atom is 0.231 e. The number of benzene rings is 1. The van der Waals surface area contributed by atoms with Gasteiger partial charge in [-0.3, -0.25) is 4.79 Å². The summed E-state index contributed by atoms with van der Waals surface area (Å²) in [7, 11) is 0. The van der Waals surface area contributed by atoms with Crippen molar-refractivity contribution >= 4 is 12.0 Å². The summed E-state index contributed by atoms with van der Waals surface area (Å²) in [5.41, 5.74) is 2.14. The molecule has 1 heterocycles. The first-order valence-corrected chi connectivity index (χ1v) is 7.18. The number of rotatable bonds is 1. The van der Waals surface area contributed by atoms with Crippen LogP contribution in [0.3, 0.4) is 0 Å². The molecule has 2 nitrogen and oxygen atoms in total. The van der Waals surface area contributed by atoms with Gasteiger partial charge in [0.2, 0.25) is 5.91 Å². The molecule has 1 amide bonds. The molecule has 1 aliphatic carbocycles. The van der Waals surface area contributed by atoms with E-state index in [2.05, 4.69) is 51.6 Å². The van der Waals surface area contributed by atoms with Crippen molar-refractivity contribution in [1.29, 1.82) is 0 Å². The number of nitrogens with zero attached hydrogens (tertiary/aromatic N) is 1. The Hall–Kier alpha value is -1.83. The van der Waals surface area contributed by atoms with Gasteiger partial charge in [0, 0.05) is 11.5 Å². The number of likely N-dealkylation sites (tertiary alicyclic amines) is 1. The van der Waals surface area contributed by atoms with E-state index in [4.69, 9.17) is 0 Å². The van der Waals surface area contributed by atoms with Crippen LogP contribution in [0.15, 0.2) is 43.0 Å². The number of hydrogen-bond acceptors (Lipinski definition) is 1. The SMILES string of the molecule is C=C[C@H]1[C@@H]2C=Cc3ccccc3[C@@H]2C(=O)N1C(C)(C)C. The van der Waals surface area contributed by atoms with Crippen LogP contribution in [0.1, 0.15) is 37.8 Å². The van der Waals surface area contributed by atoms with Crippen molar-refractivity contribution in [1.82, 2.24) is 4.90 Å². The molecule has 1 fully saturated rings. The lowest BCUT2D eigenvalue weighted by Gasteiger charge is -2.36. The van der Waals surface area contributed by atoms with Crippen LogP contribution < -0.4 is 0 Å². The summed E-state index contributed by atoms with van der Waals surface area (Å²) >= 11 is 0. The maximum atomic E-state index is 13.0. The van der Waals surface area contributed by atoms with Gasteiger partial charge in [-0.2, -0.15) is 0 Å². The van der Waals surface area contributed by atoms with Crippen LogP contribution in [0.5, 0.6) is 0 Å². The Morgan fingerprint density at radius 3 is 2.60 bits per heavy atom. The van der Waals surface area contributed by atoms with Crippen LogP contribution >= 0.6 is 0 Å². The average Bonchev–Trinajstić information content (AvgIpc) is 2.71.